The van der Waals surface area contributed by atoms with Gasteiger partial charge in [-0.15, -0.1) is 0 Å². The summed E-state index contributed by atoms with van der Waals surface area (Å²) in [7, 11) is -1.71. The van der Waals surface area contributed by atoms with Crippen LogP contribution in [0.15, 0.2) is 0 Å². The van der Waals surface area contributed by atoms with E-state index < -0.39 is 10.2 Å². The number of nitrogens with one attached hydrogen (secondary N) is 2. The SMILES string of the molecule is COCCCCNS(=O)(=O)N1CCCCC1CNC(C)C. The Morgan fingerprint density at radius 3 is 2.71 bits per heavy atom. The van der Waals surface area contributed by atoms with Gasteiger partial charge in [0.15, 0.2) is 0 Å². The van der Waals surface area contributed by atoms with Crippen LogP contribution in [0.2, 0.25) is 0 Å². The van der Waals surface area contributed by atoms with Crippen LogP contribution in [0.5, 0.6) is 0 Å². The maximum absolute atomic E-state index is 12.4. The fraction of sp³-hybridized carbons (Fsp3) is 1.00. The van der Waals surface area contributed by atoms with Crippen LogP contribution in [0.4, 0.5) is 0 Å². The predicted molar refractivity (Wildman–Crippen MR) is 85.5 cm³/mol. The zero-order chi connectivity index (χ0) is 15.7. The van der Waals surface area contributed by atoms with Crippen molar-refractivity contribution in [2.75, 3.05) is 33.4 Å². The van der Waals surface area contributed by atoms with E-state index in [-0.39, 0.29) is 6.04 Å². The molecule has 0 spiro atoms. The maximum atomic E-state index is 12.4. The lowest BCUT2D eigenvalue weighted by atomic mass is 10.0. The van der Waals surface area contributed by atoms with Crippen molar-refractivity contribution in [3.05, 3.63) is 0 Å². The fourth-order valence-corrected chi connectivity index (χ4v) is 4.03. The van der Waals surface area contributed by atoms with Crippen molar-refractivity contribution in [1.82, 2.24) is 14.3 Å². The second kappa shape index (κ2) is 9.74. The third kappa shape index (κ3) is 7.06. The van der Waals surface area contributed by atoms with Crippen LogP contribution in [0.25, 0.3) is 0 Å². The summed E-state index contributed by atoms with van der Waals surface area (Å²) in [4.78, 5) is 0. The van der Waals surface area contributed by atoms with Crippen molar-refractivity contribution in [3.63, 3.8) is 0 Å². The third-order valence-corrected chi connectivity index (χ3v) is 5.37. The highest BCUT2D eigenvalue weighted by Crippen LogP contribution is 2.19. The Hall–Kier alpha value is -0.210. The van der Waals surface area contributed by atoms with Gasteiger partial charge in [0, 0.05) is 45.4 Å². The summed E-state index contributed by atoms with van der Waals surface area (Å²) in [6, 6.07) is 0.441. The highest BCUT2D eigenvalue weighted by Gasteiger charge is 2.31. The second-order valence-electron chi connectivity index (χ2n) is 5.92. The first-order valence-electron chi connectivity index (χ1n) is 7.96. The average molecular weight is 321 g/mol. The maximum Gasteiger partial charge on any atom is 0.279 e. The summed E-state index contributed by atoms with van der Waals surface area (Å²) >= 11 is 0. The molecular formula is C14H31N3O3S. The molecule has 0 aromatic carbocycles. The molecule has 0 saturated carbocycles. The normalized spacial score (nSPS) is 21.0. The number of ether oxygens (including phenoxy) is 1. The van der Waals surface area contributed by atoms with Gasteiger partial charge in [-0.1, -0.05) is 20.3 Å². The minimum Gasteiger partial charge on any atom is -0.385 e. The van der Waals surface area contributed by atoms with Gasteiger partial charge in [-0.3, -0.25) is 0 Å². The summed E-state index contributed by atoms with van der Waals surface area (Å²) in [5.74, 6) is 0. The van der Waals surface area contributed by atoms with E-state index in [4.69, 9.17) is 4.74 Å². The van der Waals surface area contributed by atoms with E-state index in [0.717, 1.165) is 38.6 Å². The van der Waals surface area contributed by atoms with E-state index in [1.54, 1.807) is 11.4 Å². The van der Waals surface area contributed by atoms with Gasteiger partial charge in [0.2, 0.25) is 0 Å². The van der Waals surface area contributed by atoms with Gasteiger partial charge in [0.05, 0.1) is 0 Å². The van der Waals surface area contributed by atoms with Gasteiger partial charge in [0.25, 0.3) is 10.2 Å². The van der Waals surface area contributed by atoms with Gasteiger partial charge in [0.1, 0.15) is 0 Å². The lowest BCUT2D eigenvalue weighted by Crippen LogP contribution is -2.53. The second-order valence-corrected chi connectivity index (χ2v) is 7.63. The summed E-state index contributed by atoms with van der Waals surface area (Å²) in [5, 5.41) is 3.35. The molecule has 21 heavy (non-hydrogen) atoms. The molecule has 126 valence electrons. The highest BCUT2D eigenvalue weighted by atomic mass is 32.2. The number of hydrogen-bond acceptors (Lipinski definition) is 4. The van der Waals surface area contributed by atoms with Crippen molar-refractivity contribution >= 4 is 10.2 Å². The van der Waals surface area contributed by atoms with Crippen LogP contribution in [0.1, 0.15) is 46.0 Å². The zero-order valence-electron chi connectivity index (χ0n) is 13.6. The molecule has 1 unspecified atom stereocenters. The van der Waals surface area contributed by atoms with Crippen molar-refractivity contribution in [1.29, 1.82) is 0 Å². The van der Waals surface area contributed by atoms with E-state index in [1.165, 1.54) is 0 Å². The lowest BCUT2D eigenvalue weighted by molar-refractivity contribution is 0.193. The molecule has 7 heteroatoms. The highest BCUT2D eigenvalue weighted by molar-refractivity contribution is 7.87. The molecule has 1 fully saturated rings. The Morgan fingerprint density at radius 1 is 1.29 bits per heavy atom. The molecule has 0 aromatic heterocycles. The van der Waals surface area contributed by atoms with Gasteiger partial charge in [-0.2, -0.15) is 12.7 Å². The predicted octanol–water partition coefficient (Wildman–Crippen LogP) is 1.10. The Kier molecular flexibility index (Phi) is 8.73. The molecule has 1 atom stereocenters. The third-order valence-electron chi connectivity index (χ3n) is 3.70. The number of hydrogen-bond donors (Lipinski definition) is 2. The van der Waals surface area contributed by atoms with Crippen LogP contribution >= 0.6 is 0 Å². The quantitative estimate of drug-likeness (QED) is 0.591. The number of nitrogens with zero attached hydrogens (tertiary/aromatic N) is 1. The molecule has 1 rings (SSSR count). The van der Waals surface area contributed by atoms with E-state index >= 15 is 0 Å². The van der Waals surface area contributed by atoms with Crippen LogP contribution in [0, 0.1) is 0 Å². The molecule has 0 radical (unpaired) electrons. The van der Waals surface area contributed by atoms with Crippen LogP contribution in [-0.4, -0.2) is 58.2 Å². The number of rotatable bonds is 10. The van der Waals surface area contributed by atoms with Crippen molar-refractivity contribution in [2.24, 2.45) is 0 Å². The Balaban J connectivity index is 2.48. The molecule has 1 heterocycles. The first-order valence-corrected chi connectivity index (χ1v) is 9.40. The minimum absolute atomic E-state index is 0.0672. The largest absolute Gasteiger partial charge is 0.385 e. The minimum atomic E-state index is -3.37. The molecule has 0 aromatic rings. The molecule has 1 aliphatic rings. The van der Waals surface area contributed by atoms with Crippen LogP contribution in [0.3, 0.4) is 0 Å². The van der Waals surface area contributed by atoms with Gasteiger partial charge >= 0.3 is 0 Å². The molecule has 2 N–H and O–H groups in total. The summed E-state index contributed by atoms with van der Waals surface area (Å²) in [5.41, 5.74) is 0. The molecule has 1 saturated heterocycles. The molecular weight excluding hydrogens is 290 g/mol. The Bertz CT molecular complexity index is 374. The van der Waals surface area contributed by atoms with E-state index in [0.29, 0.717) is 25.7 Å². The smallest absolute Gasteiger partial charge is 0.279 e. The van der Waals surface area contributed by atoms with Gasteiger partial charge < -0.3 is 10.1 Å². The van der Waals surface area contributed by atoms with Crippen molar-refractivity contribution in [2.45, 2.75) is 58.0 Å². The van der Waals surface area contributed by atoms with E-state index in [2.05, 4.69) is 23.9 Å². The standard InChI is InChI=1S/C14H31N3O3S/c1-13(2)15-12-14-8-4-6-10-17(14)21(18,19)16-9-5-7-11-20-3/h13-16H,4-12H2,1-3H3. The number of unbranched alkanes of at least 4 members (excludes halogenated alkanes) is 1. The summed E-state index contributed by atoms with van der Waals surface area (Å²) in [6.07, 6.45) is 4.66. The first kappa shape index (κ1) is 18.8. The van der Waals surface area contributed by atoms with Crippen molar-refractivity contribution < 1.29 is 13.2 Å². The topological polar surface area (TPSA) is 70.7 Å². The van der Waals surface area contributed by atoms with Crippen molar-refractivity contribution in [3.8, 4) is 0 Å². The molecule has 1 aliphatic heterocycles. The molecule has 0 bridgehead atoms. The van der Waals surface area contributed by atoms with E-state index in [1.807, 2.05) is 0 Å². The average Bonchev–Trinajstić information content (AvgIpc) is 2.45. The number of piperidine rings is 1. The monoisotopic (exact) mass is 321 g/mol. The van der Waals surface area contributed by atoms with Crippen LogP contribution < -0.4 is 10.0 Å². The van der Waals surface area contributed by atoms with Gasteiger partial charge in [-0.25, -0.2) is 4.72 Å². The molecule has 0 amide bonds. The summed E-state index contributed by atoms with van der Waals surface area (Å²) < 4.78 is 34.2. The Labute approximate surface area is 129 Å². The zero-order valence-corrected chi connectivity index (χ0v) is 14.4. The molecule has 0 aliphatic carbocycles. The van der Waals surface area contributed by atoms with Crippen LogP contribution in [-0.2, 0) is 14.9 Å². The van der Waals surface area contributed by atoms with Gasteiger partial charge in [-0.05, 0) is 25.7 Å². The Morgan fingerprint density at radius 2 is 2.05 bits per heavy atom. The molecule has 6 nitrogen and oxygen atoms in total. The lowest BCUT2D eigenvalue weighted by Gasteiger charge is -2.35. The first-order chi connectivity index (χ1) is 9.97. The fourth-order valence-electron chi connectivity index (χ4n) is 2.52. The van der Waals surface area contributed by atoms with E-state index in [9.17, 15) is 8.42 Å². The summed E-state index contributed by atoms with van der Waals surface area (Å²) in [6.45, 7) is 6.66. The number of methoxy groups -OCH3 is 1.